The number of hydrogen-bond acceptors (Lipinski definition) is 5. The Labute approximate surface area is 185 Å². The molecule has 27 heavy (non-hydrogen) atoms. The summed E-state index contributed by atoms with van der Waals surface area (Å²) in [7, 11) is 0. The minimum atomic E-state index is 0. The Morgan fingerprint density at radius 3 is 2.81 bits per heavy atom. The van der Waals surface area contributed by atoms with Crippen LogP contribution in [0.3, 0.4) is 0 Å². The number of aliphatic imine (C=N–C) groups is 1. The molecule has 2 heterocycles. The van der Waals surface area contributed by atoms with Gasteiger partial charge in [-0.3, -0.25) is 0 Å². The maximum Gasteiger partial charge on any atom is 0.191 e. The van der Waals surface area contributed by atoms with Crippen LogP contribution in [-0.4, -0.2) is 30.7 Å². The highest BCUT2D eigenvalue weighted by Crippen LogP contribution is 2.38. The average Bonchev–Trinajstić information content (AvgIpc) is 3.12. The second-order valence-electron chi connectivity index (χ2n) is 5.72. The van der Waals surface area contributed by atoms with E-state index in [1.807, 2.05) is 25.3 Å². The SMILES string of the molecule is CCNC(=NCc1cc(Cl)c2c(c1)OCCO2)NCc1ncc(CC)s1.I. The molecule has 1 aromatic heterocycles. The normalized spacial score (nSPS) is 13.1. The third kappa shape index (κ3) is 6.11. The molecule has 0 saturated heterocycles. The largest absolute Gasteiger partial charge is 0.486 e. The fourth-order valence-corrected chi connectivity index (χ4v) is 3.61. The summed E-state index contributed by atoms with van der Waals surface area (Å²) in [6.45, 7) is 7.16. The zero-order chi connectivity index (χ0) is 18.4. The first-order chi connectivity index (χ1) is 12.7. The predicted molar refractivity (Wildman–Crippen MR) is 121 cm³/mol. The number of benzene rings is 1. The van der Waals surface area contributed by atoms with Gasteiger partial charge < -0.3 is 20.1 Å². The van der Waals surface area contributed by atoms with Gasteiger partial charge in [0.15, 0.2) is 17.5 Å². The van der Waals surface area contributed by atoms with Crippen LogP contribution in [0, 0.1) is 0 Å². The molecular weight excluding hydrogens is 499 g/mol. The molecule has 9 heteroatoms. The summed E-state index contributed by atoms with van der Waals surface area (Å²) in [5.74, 6) is 2.04. The van der Waals surface area contributed by atoms with Gasteiger partial charge in [0.1, 0.15) is 18.2 Å². The Hall–Kier alpha value is -1.26. The third-order valence-electron chi connectivity index (χ3n) is 3.78. The van der Waals surface area contributed by atoms with Crippen molar-refractivity contribution in [1.82, 2.24) is 15.6 Å². The first kappa shape index (κ1) is 22.0. The lowest BCUT2D eigenvalue weighted by molar-refractivity contribution is 0.171. The second-order valence-corrected chi connectivity index (χ2v) is 7.33. The number of hydrogen-bond donors (Lipinski definition) is 2. The van der Waals surface area contributed by atoms with Crippen LogP contribution in [0.15, 0.2) is 23.3 Å². The van der Waals surface area contributed by atoms with Crippen molar-refractivity contribution in [1.29, 1.82) is 0 Å². The minimum absolute atomic E-state index is 0. The van der Waals surface area contributed by atoms with E-state index in [1.165, 1.54) is 4.88 Å². The van der Waals surface area contributed by atoms with E-state index in [9.17, 15) is 0 Å². The third-order valence-corrected chi connectivity index (χ3v) is 5.20. The molecule has 0 bridgehead atoms. The van der Waals surface area contributed by atoms with Crippen molar-refractivity contribution >= 4 is 52.9 Å². The zero-order valence-electron chi connectivity index (χ0n) is 15.4. The van der Waals surface area contributed by atoms with E-state index in [-0.39, 0.29) is 24.0 Å². The molecule has 0 saturated carbocycles. The molecule has 1 aromatic carbocycles. The van der Waals surface area contributed by atoms with Crippen LogP contribution in [0.2, 0.25) is 5.02 Å². The van der Waals surface area contributed by atoms with Crippen LogP contribution in [0.1, 0.15) is 29.3 Å². The van der Waals surface area contributed by atoms with Crippen molar-refractivity contribution in [2.45, 2.75) is 33.4 Å². The molecule has 0 amide bonds. The van der Waals surface area contributed by atoms with Gasteiger partial charge in [0.05, 0.1) is 18.1 Å². The molecule has 6 nitrogen and oxygen atoms in total. The van der Waals surface area contributed by atoms with Gasteiger partial charge in [-0.2, -0.15) is 0 Å². The molecule has 1 aliphatic rings. The van der Waals surface area contributed by atoms with Crippen molar-refractivity contribution in [3.63, 3.8) is 0 Å². The van der Waals surface area contributed by atoms with Crippen LogP contribution in [0.25, 0.3) is 0 Å². The second kappa shape index (κ2) is 10.9. The van der Waals surface area contributed by atoms with Gasteiger partial charge >= 0.3 is 0 Å². The summed E-state index contributed by atoms with van der Waals surface area (Å²) in [6.07, 6.45) is 2.94. The molecule has 148 valence electrons. The molecular formula is C18H24ClIN4O2S. The summed E-state index contributed by atoms with van der Waals surface area (Å²) < 4.78 is 11.2. The number of rotatable bonds is 6. The van der Waals surface area contributed by atoms with Gasteiger partial charge in [-0.15, -0.1) is 35.3 Å². The highest BCUT2D eigenvalue weighted by Gasteiger charge is 2.16. The molecule has 2 aromatic rings. The Morgan fingerprint density at radius 2 is 2.07 bits per heavy atom. The monoisotopic (exact) mass is 522 g/mol. The fraction of sp³-hybridized carbons (Fsp3) is 0.444. The Bertz CT molecular complexity index is 785. The number of fused-ring (bicyclic) bond motifs is 1. The molecule has 3 rings (SSSR count). The summed E-state index contributed by atoms with van der Waals surface area (Å²) in [4.78, 5) is 10.3. The molecule has 0 unspecified atom stereocenters. The van der Waals surface area contributed by atoms with E-state index < -0.39 is 0 Å². The lowest BCUT2D eigenvalue weighted by atomic mass is 10.2. The van der Waals surface area contributed by atoms with Crippen LogP contribution >= 0.6 is 46.9 Å². The molecule has 2 N–H and O–H groups in total. The van der Waals surface area contributed by atoms with Crippen LogP contribution in [0.5, 0.6) is 11.5 Å². The van der Waals surface area contributed by atoms with Crippen molar-refractivity contribution in [3.8, 4) is 11.5 Å². The van der Waals surface area contributed by atoms with Gasteiger partial charge in [-0.1, -0.05) is 18.5 Å². The summed E-state index contributed by atoms with van der Waals surface area (Å²) in [6, 6.07) is 3.80. The Kier molecular flexibility index (Phi) is 8.91. The number of thiazole rings is 1. The van der Waals surface area contributed by atoms with Gasteiger partial charge in [0, 0.05) is 17.6 Å². The van der Waals surface area contributed by atoms with Crippen LogP contribution < -0.4 is 20.1 Å². The number of guanidine groups is 1. The van der Waals surface area contributed by atoms with E-state index in [0.29, 0.717) is 42.8 Å². The molecule has 0 radical (unpaired) electrons. The van der Waals surface area contributed by atoms with E-state index in [2.05, 4.69) is 27.5 Å². The van der Waals surface area contributed by atoms with Crippen molar-refractivity contribution in [3.05, 3.63) is 38.8 Å². The minimum Gasteiger partial charge on any atom is -0.486 e. The number of halogens is 2. The molecule has 0 atom stereocenters. The average molecular weight is 523 g/mol. The van der Waals surface area contributed by atoms with Gasteiger partial charge in [-0.25, -0.2) is 9.98 Å². The number of nitrogens with one attached hydrogen (secondary N) is 2. The van der Waals surface area contributed by atoms with Gasteiger partial charge in [0.2, 0.25) is 0 Å². The molecule has 1 aliphatic heterocycles. The summed E-state index contributed by atoms with van der Waals surface area (Å²) in [5, 5.41) is 8.17. The predicted octanol–water partition coefficient (Wildman–Crippen LogP) is 4.00. The maximum atomic E-state index is 6.29. The van der Waals surface area contributed by atoms with Crippen LogP contribution in [0.4, 0.5) is 0 Å². The quantitative estimate of drug-likeness (QED) is 0.341. The van der Waals surface area contributed by atoms with Crippen molar-refractivity contribution in [2.75, 3.05) is 19.8 Å². The Balaban J connectivity index is 0.00000261. The fourth-order valence-electron chi connectivity index (χ4n) is 2.52. The number of aromatic nitrogens is 1. The van der Waals surface area contributed by atoms with E-state index >= 15 is 0 Å². The molecule has 0 aliphatic carbocycles. The standard InChI is InChI=1S/C18H23ClN4O2S.HI/c1-3-13-10-21-16(26-13)11-23-18(20-4-2)22-9-12-7-14(19)17-15(8-12)24-5-6-25-17;/h7-8,10H,3-6,9,11H2,1-2H3,(H2,20,22,23);1H. The molecule has 0 fully saturated rings. The lowest BCUT2D eigenvalue weighted by Crippen LogP contribution is -2.36. The lowest BCUT2D eigenvalue weighted by Gasteiger charge is -2.20. The van der Waals surface area contributed by atoms with E-state index in [1.54, 1.807) is 11.3 Å². The summed E-state index contributed by atoms with van der Waals surface area (Å²) >= 11 is 8.01. The maximum absolute atomic E-state index is 6.29. The first-order valence-corrected chi connectivity index (χ1v) is 9.92. The molecule has 0 spiro atoms. The first-order valence-electron chi connectivity index (χ1n) is 8.73. The van der Waals surface area contributed by atoms with Gasteiger partial charge in [-0.05, 0) is 31.0 Å². The number of ether oxygens (including phenoxy) is 2. The van der Waals surface area contributed by atoms with Crippen molar-refractivity contribution in [2.24, 2.45) is 4.99 Å². The van der Waals surface area contributed by atoms with E-state index in [4.69, 9.17) is 21.1 Å². The summed E-state index contributed by atoms with van der Waals surface area (Å²) in [5.41, 5.74) is 0.971. The highest BCUT2D eigenvalue weighted by atomic mass is 127. The zero-order valence-corrected chi connectivity index (χ0v) is 19.3. The van der Waals surface area contributed by atoms with Crippen LogP contribution in [-0.2, 0) is 19.5 Å². The topological polar surface area (TPSA) is 67.8 Å². The number of aryl methyl sites for hydroxylation is 1. The Morgan fingerprint density at radius 1 is 1.26 bits per heavy atom. The highest BCUT2D eigenvalue weighted by molar-refractivity contribution is 14.0. The van der Waals surface area contributed by atoms with E-state index in [0.717, 1.165) is 29.5 Å². The smallest absolute Gasteiger partial charge is 0.191 e. The van der Waals surface area contributed by atoms with Crippen molar-refractivity contribution < 1.29 is 9.47 Å². The number of nitrogens with zero attached hydrogens (tertiary/aromatic N) is 2. The van der Waals surface area contributed by atoms with Gasteiger partial charge in [0.25, 0.3) is 0 Å².